The second kappa shape index (κ2) is 7.46. The van der Waals surface area contributed by atoms with E-state index >= 15 is 0 Å². The second-order valence-corrected chi connectivity index (χ2v) is 8.61. The number of nitro groups is 1. The van der Waals surface area contributed by atoms with Crippen LogP contribution in [-0.4, -0.2) is 35.9 Å². The molecule has 0 bridgehead atoms. The Morgan fingerprint density at radius 3 is 2.19 bits per heavy atom. The van der Waals surface area contributed by atoms with E-state index < -0.39 is 41.4 Å². The number of nitrogens with zero attached hydrogens (tertiary/aromatic N) is 1. The summed E-state index contributed by atoms with van der Waals surface area (Å²) in [5.41, 5.74) is -1.24. The summed E-state index contributed by atoms with van der Waals surface area (Å²) in [6, 6.07) is 5.48. The van der Waals surface area contributed by atoms with Crippen molar-refractivity contribution in [1.29, 1.82) is 0 Å². The van der Waals surface area contributed by atoms with Gasteiger partial charge in [0.25, 0.3) is 10.0 Å². The Hall–Kier alpha value is -2.77. The topological polar surface area (TPSA) is 145 Å². The average Bonchev–Trinajstić information content (AvgIpc) is 2.61. The van der Waals surface area contributed by atoms with E-state index in [2.05, 4.69) is 9.44 Å². The van der Waals surface area contributed by atoms with Crippen LogP contribution in [0.25, 0.3) is 0 Å². The second-order valence-electron chi connectivity index (χ2n) is 5.05. The monoisotopic (exact) mass is 419 g/mol. The molecule has 0 aliphatic carbocycles. The number of nitro benzene ring substituents is 1. The minimum absolute atomic E-state index is 0.00485. The Morgan fingerprint density at radius 2 is 1.63 bits per heavy atom. The van der Waals surface area contributed by atoms with E-state index in [-0.39, 0.29) is 16.3 Å². The number of rotatable bonds is 7. The minimum atomic E-state index is -4.40. The van der Waals surface area contributed by atoms with E-state index in [1.54, 1.807) is 0 Å². The van der Waals surface area contributed by atoms with Crippen molar-refractivity contribution in [3.8, 4) is 5.75 Å². The standard InChI is InChI=1S/C14H14FN3O7S2/c1-16-26(21,22)9-4-6-14(25-2)12(7-9)17-27(23,24)10-3-5-11(15)13(8-10)18(19)20/h3-8,16-17H,1-2H3. The van der Waals surface area contributed by atoms with Crippen LogP contribution in [0.15, 0.2) is 46.2 Å². The van der Waals surface area contributed by atoms with Crippen LogP contribution in [0.2, 0.25) is 0 Å². The predicted molar refractivity (Wildman–Crippen MR) is 93.1 cm³/mol. The number of nitrogens with one attached hydrogen (secondary N) is 2. The number of sulfonamides is 2. The molecular formula is C14H14FN3O7S2. The molecular weight excluding hydrogens is 405 g/mol. The average molecular weight is 419 g/mol. The lowest BCUT2D eigenvalue weighted by Crippen LogP contribution is -2.19. The molecule has 0 spiro atoms. The van der Waals surface area contributed by atoms with Gasteiger partial charge in [-0.2, -0.15) is 4.39 Å². The summed E-state index contributed by atoms with van der Waals surface area (Å²) in [7, 11) is -5.85. The molecule has 0 amide bonds. The summed E-state index contributed by atoms with van der Waals surface area (Å²) < 4.78 is 71.4. The maximum atomic E-state index is 13.4. The molecule has 0 saturated heterocycles. The Morgan fingerprint density at radius 1 is 1.04 bits per heavy atom. The number of anilines is 1. The molecule has 0 fully saturated rings. The first-order valence-corrected chi connectivity index (χ1v) is 10.1. The Labute approximate surface area is 154 Å². The quantitative estimate of drug-likeness (QED) is 0.510. The van der Waals surface area contributed by atoms with E-state index in [0.29, 0.717) is 12.1 Å². The van der Waals surface area contributed by atoms with Gasteiger partial charge in [0.05, 0.1) is 27.5 Å². The lowest BCUT2D eigenvalue weighted by Gasteiger charge is -2.13. The van der Waals surface area contributed by atoms with Crippen molar-refractivity contribution >= 4 is 31.4 Å². The van der Waals surface area contributed by atoms with Crippen LogP contribution in [0.3, 0.4) is 0 Å². The highest BCUT2D eigenvalue weighted by atomic mass is 32.2. The van der Waals surface area contributed by atoms with Crippen LogP contribution in [0.5, 0.6) is 5.75 Å². The number of methoxy groups -OCH3 is 1. The highest BCUT2D eigenvalue weighted by Crippen LogP contribution is 2.30. The van der Waals surface area contributed by atoms with Crippen molar-refractivity contribution in [2.75, 3.05) is 18.9 Å². The van der Waals surface area contributed by atoms with Crippen molar-refractivity contribution in [3.05, 3.63) is 52.3 Å². The van der Waals surface area contributed by atoms with Crippen molar-refractivity contribution in [3.63, 3.8) is 0 Å². The molecule has 146 valence electrons. The molecule has 0 aromatic heterocycles. The van der Waals surface area contributed by atoms with E-state index in [1.807, 2.05) is 0 Å². The molecule has 0 heterocycles. The van der Waals surface area contributed by atoms with Gasteiger partial charge in [-0.05, 0) is 37.4 Å². The third-order valence-corrected chi connectivity index (χ3v) is 6.19. The van der Waals surface area contributed by atoms with Gasteiger partial charge >= 0.3 is 5.69 Å². The molecule has 2 N–H and O–H groups in total. The van der Waals surface area contributed by atoms with E-state index in [4.69, 9.17) is 4.74 Å². The van der Waals surface area contributed by atoms with Crippen LogP contribution in [0.1, 0.15) is 0 Å². The lowest BCUT2D eigenvalue weighted by molar-refractivity contribution is -0.387. The van der Waals surface area contributed by atoms with Crippen molar-refractivity contribution in [2.45, 2.75) is 9.79 Å². The summed E-state index contributed by atoms with van der Waals surface area (Å²) >= 11 is 0. The summed E-state index contributed by atoms with van der Waals surface area (Å²) in [6.07, 6.45) is 0. The molecule has 0 unspecified atom stereocenters. The van der Waals surface area contributed by atoms with Gasteiger partial charge in [0, 0.05) is 6.07 Å². The first-order valence-electron chi connectivity index (χ1n) is 7.10. The number of hydrogen-bond donors (Lipinski definition) is 2. The number of halogens is 1. The molecule has 2 aromatic carbocycles. The normalized spacial score (nSPS) is 11.8. The highest BCUT2D eigenvalue weighted by Gasteiger charge is 2.23. The maximum absolute atomic E-state index is 13.4. The van der Waals surface area contributed by atoms with Gasteiger partial charge in [0.2, 0.25) is 15.8 Å². The molecule has 0 aliphatic rings. The number of ether oxygens (including phenoxy) is 1. The summed E-state index contributed by atoms with van der Waals surface area (Å²) in [4.78, 5) is 8.92. The van der Waals surface area contributed by atoms with Gasteiger partial charge in [0.1, 0.15) is 5.75 Å². The SMILES string of the molecule is CNS(=O)(=O)c1ccc(OC)c(NS(=O)(=O)c2ccc(F)c([N+](=O)[O-])c2)c1. The molecule has 13 heteroatoms. The van der Waals surface area contributed by atoms with Gasteiger partial charge in [-0.3, -0.25) is 14.8 Å². The Kier molecular flexibility index (Phi) is 5.67. The molecule has 27 heavy (non-hydrogen) atoms. The third kappa shape index (κ3) is 4.32. The lowest BCUT2D eigenvalue weighted by atomic mass is 10.3. The third-order valence-electron chi connectivity index (χ3n) is 3.42. The van der Waals surface area contributed by atoms with Crippen LogP contribution in [0.4, 0.5) is 15.8 Å². The first-order chi connectivity index (χ1) is 12.5. The fraction of sp³-hybridized carbons (Fsp3) is 0.143. The van der Waals surface area contributed by atoms with Gasteiger partial charge in [-0.1, -0.05) is 0 Å². The summed E-state index contributed by atoms with van der Waals surface area (Å²) in [6.45, 7) is 0. The zero-order chi connectivity index (χ0) is 20.4. The van der Waals surface area contributed by atoms with E-state index in [9.17, 15) is 31.3 Å². The Balaban J connectivity index is 2.53. The van der Waals surface area contributed by atoms with Crippen molar-refractivity contribution < 1.29 is 30.9 Å². The van der Waals surface area contributed by atoms with Gasteiger partial charge < -0.3 is 4.74 Å². The highest BCUT2D eigenvalue weighted by molar-refractivity contribution is 7.92. The van der Waals surface area contributed by atoms with Crippen LogP contribution in [0, 0.1) is 15.9 Å². The van der Waals surface area contributed by atoms with Gasteiger partial charge in [-0.15, -0.1) is 0 Å². The first kappa shape index (κ1) is 20.5. The molecule has 0 radical (unpaired) electrons. The van der Waals surface area contributed by atoms with Gasteiger partial charge in [0.15, 0.2) is 0 Å². The maximum Gasteiger partial charge on any atom is 0.306 e. The molecule has 0 aliphatic heterocycles. The molecule has 10 nitrogen and oxygen atoms in total. The molecule has 2 rings (SSSR count). The summed E-state index contributed by atoms with van der Waals surface area (Å²) in [5.74, 6) is -1.19. The molecule has 0 atom stereocenters. The van der Waals surface area contributed by atoms with Crippen LogP contribution in [-0.2, 0) is 20.0 Å². The zero-order valence-corrected chi connectivity index (χ0v) is 15.6. The fourth-order valence-corrected chi connectivity index (χ4v) is 3.89. The van der Waals surface area contributed by atoms with Crippen LogP contribution < -0.4 is 14.2 Å². The zero-order valence-electron chi connectivity index (χ0n) is 14.0. The molecule has 0 saturated carbocycles. The van der Waals surface area contributed by atoms with E-state index in [1.165, 1.54) is 26.3 Å². The summed E-state index contributed by atoms with van der Waals surface area (Å²) in [5, 5.41) is 10.8. The van der Waals surface area contributed by atoms with Crippen molar-refractivity contribution in [2.24, 2.45) is 0 Å². The largest absolute Gasteiger partial charge is 0.495 e. The van der Waals surface area contributed by atoms with Crippen LogP contribution >= 0.6 is 0 Å². The number of hydrogen-bond acceptors (Lipinski definition) is 7. The number of benzene rings is 2. The fourth-order valence-electron chi connectivity index (χ4n) is 2.06. The predicted octanol–water partition coefficient (Wildman–Crippen LogP) is 1.45. The Bertz CT molecular complexity index is 1100. The minimum Gasteiger partial charge on any atom is -0.495 e. The van der Waals surface area contributed by atoms with Crippen molar-refractivity contribution in [1.82, 2.24) is 4.72 Å². The molecule has 2 aromatic rings. The van der Waals surface area contributed by atoms with E-state index in [0.717, 1.165) is 12.1 Å². The van der Waals surface area contributed by atoms with Gasteiger partial charge in [-0.25, -0.2) is 21.6 Å². The smallest absolute Gasteiger partial charge is 0.306 e.